The molecule has 2 rings (SSSR count). The molecule has 0 bridgehead atoms. The van der Waals surface area contributed by atoms with E-state index in [0.717, 1.165) is 17.7 Å². The SMILES string of the molecule is CCC(O)c1ccc(-n2cncn2)cc1. The van der Waals surface area contributed by atoms with Crippen molar-refractivity contribution in [3.05, 3.63) is 42.5 Å². The second-order valence-corrected chi connectivity index (χ2v) is 3.36. The van der Waals surface area contributed by atoms with Gasteiger partial charge in [0.05, 0.1) is 11.8 Å². The van der Waals surface area contributed by atoms with Crippen molar-refractivity contribution < 1.29 is 5.11 Å². The minimum Gasteiger partial charge on any atom is -0.388 e. The number of benzene rings is 1. The number of aliphatic hydroxyl groups is 1. The fourth-order valence-corrected chi connectivity index (χ4v) is 1.43. The first-order valence-electron chi connectivity index (χ1n) is 4.94. The standard InChI is InChI=1S/C11H13N3O/c1-2-11(15)9-3-5-10(6-4-9)14-8-12-7-13-14/h3-8,11,15H,2H2,1H3. The smallest absolute Gasteiger partial charge is 0.138 e. The molecule has 0 aliphatic heterocycles. The lowest BCUT2D eigenvalue weighted by molar-refractivity contribution is 0.173. The van der Waals surface area contributed by atoms with Crippen molar-refractivity contribution in [3.8, 4) is 5.69 Å². The van der Waals surface area contributed by atoms with Gasteiger partial charge in [-0.2, -0.15) is 5.10 Å². The van der Waals surface area contributed by atoms with Crippen molar-refractivity contribution in [1.29, 1.82) is 0 Å². The third kappa shape index (κ3) is 2.05. The number of hydrogen-bond donors (Lipinski definition) is 1. The monoisotopic (exact) mass is 203 g/mol. The molecule has 1 N–H and O–H groups in total. The minimum absolute atomic E-state index is 0.380. The van der Waals surface area contributed by atoms with Gasteiger partial charge in [0.1, 0.15) is 12.7 Å². The van der Waals surface area contributed by atoms with E-state index < -0.39 is 0 Å². The summed E-state index contributed by atoms with van der Waals surface area (Å²) in [4.78, 5) is 3.87. The first-order valence-corrected chi connectivity index (χ1v) is 4.94. The van der Waals surface area contributed by atoms with Crippen LogP contribution < -0.4 is 0 Å². The van der Waals surface area contributed by atoms with E-state index in [4.69, 9.17) is 0 Å². The van der Waals surface area contributed by atoms with Gasteiger partial charge in [0.2, 0.25) is 0 Å². The molecule has 0 saturated heterocycles. The van der Waals surface area contributed by atoms with Crippen LogP contribution in [-0.2, 0) is 0 Å². The average Bonchev–Trinajstić information content (AvgIpc) is 2.82. The highest BCUT2D eigenvalue weighted by atomic mass is 16.3. The van der Waals surface area contributed by atoms with Crippen LogP contribution in [0.15, 0.2) is 36.9 Å². The maximum absolute atomic E-state index is 9.62. The molecular weight excluding hydrogens is 190 g/mol. The molecule has 2 aromatic rings. The molecule has 0 saturated carbocycles. The van der Waals surface area contributed by atoms with Crippen molar-refractivity contribution in [2.45, 2.75) is 19.4 Å². The summed E-state index contributed by atoms with van der Waals surface area (Å²) >= 11 is 0. The summed E-state index contributed by atoms with van der Waals surface area (Å²) in [6, 6.07) is 7.65. The Balaban J connectivity index is 2.25. The van der Waals surface area contributed by atoms with Gasteiger partial charge in [-0.05, 0) is 24.1 Å². The average molecular weight is 203 g/mol. The van der Waals surface area contributed by atoms with Crippen molar-refractivity contribution in [2.24, 2.45) is 0 Å². The number of hydrogen-bond acceptors (Lipinski definition) is 3. The maximum Gasteiger partial charge on any atom is 0.138 e. The summed E-state index contributed by atoms with van der Waals surface area (Å²) in [6.07, 6.45) is 3.48. The molecule has 1 aromatic heterocycles. The van der Waals surface area contributed by atoms with Crippen LogP contribution in [0, 0.1) is 0 Å². The van der Waals surface area contributed by atoms with Crippen molar-refractivity contribution in [2.75, 3.05) is 0 Å². The summed E-state index contributed by atoms with van der Waals surface area (Å²) in [5.74, 6) is 0. The van der Waals surface area contributed by atoms with Crippen LogP contribution >= 0.6 is 0 Å². The van der Waals surface area contributed by atoms with Gasteiger partial charge in [-0.1, -0.05) is 19.1 Å². The highest BCUT2D eigenvalue weighted by molar-refractivity contribution is 5.34. The van der Waals surface area contributed by atoms with Crippen molar-refractivity contribution in [3.63, 3.8) is 0 Å². The summed E-state index contributed by atoms with van der Waals surface area (Å²) in [5, 5.41) is 13.6. The Morgan fingerprint density at radius 1 is 1.33 bits per heavy atom. The van der Waals surface area contributed by atoms with Crippen LogP contribution in [0.4, 0.5) is 0 Å². The molecule has 1 aromatic carbocycles. The number of nitrogens with zero attached hydrogens (tertiary/aromatic N) is 3. The van der Waals surface area contributed by atoms with E-state index in [1.54, 1.807) is 11.0 Å². The third-order valence-electron chi connectivity index (χ3n) is 2.35. The highest BCUT2D eigenvalue weighted by Gasteiger charge is 2.04. The minimum atomic E-state index is -0.380. The molecule has 1 heterocycles. The van der Waals surface area contributed by atoms with Crippen LogP contribution in [0.25, 0.3) is 5.69 Å². The summed E-state index contributed by atoms with van der Waals surface area (Å²) in [5.41, 5.74) is 1.88. The number of aliphatic hydroxyl groups excluding tert-OH is 1. The molecule has 0 amide bonds. The molecule has 4 nitrogen and oxygen atoms in total. The van der Waals surface area contributed by atoms with Gasteiger partial charge >= 0.3 is 0 Å². The zero-order valence-corrected chi connectivity index (χ0v) is 8.54. The summed E-state index contributed by atoms with van der Waals surface area (Å²) < 4.78 is 1.68. The Hall–Kier alpha value is -1.68. The van der Waals surface area contributed by atoms with Gasteiger partial charge in [0.15, 0.2) is 0 Å². The van der Waals surface area contributed by atoms with Gasteiger partial charge in [0.25, 0.3) is 0 Å². The normalized spacial score (nSPS) is 12.7. The van der Waals surface area contributed by atoms with Crippen LogP contribution in [-0.4, -0.2) is 19.9 Å². The second-order valence-electron chi connectivity index (χ2n) is 3.36. The third-order valence-corrected chi connectivity index (χ3v) is 2.35. The lowest BCUT2D eigenvalue weighted by atomic mass is 10.1. The fraction of sp³-hybridized carbons (Fsp3) is 0.273. The molecule has 15 heavy (non-hydrogen) atoms. The second kappa shape index (κ2) is 4.23. The molecule has 1 unspecified atom stereocenters. The predicted molar refractivity (Wildman–Crippen MR) is 56.6 cm³/mol. The van der Waals surface area contributed by atoms with Crippen LogP contribution in [0.3, 0.4) is 0 Å². The molecule has 78 valence electrons. The van der Waals surface area contributed by atoms with Gasteiger partial charge < -0.3 is 5.11 Å². The largest absolute Gasteiger partial charge is 0.388 e. The van der Waals surface area contributed by atoms with Crippen LogP contribution in [0.2, 0.25) is 0 Å². The summed E-state index contributed by atoms with van der Waals surface area (Å²) in [6.45, 7) is 1.95. The zero-order valence-electron chi connectivity index (χ0n) is 8.54. The molecule has 0 fully saturated rings. The molecule has 0 aliphatic rings. The Morgan fingerprint density at radius 3 is 2.60 bits per heavy atom. The quantitative estimate of drug-likeness (QED) is 0.826. The van der Waals surface area contributed by atoms with Crippen molar-refractivity contribution in [1.82, 2.24) is 14.8 Å². The fourth-order valence-electron chi connectivity index (χ4n) is 1.43. The molecule has 0 radical (unpaired) electrons. The van der Waals surface area contributed by atoms with E-state index in [-0.39, 0.29) is 6.10 Å². The summed E-state index contributed by atoms with van der Waals surface area (Å²) in [7, 11) is 0. The van der Waals surface area contributed by atoms with Gasteiger partial charge in [0, 0.05) is 0 Å². The lowest BCUT2D eigenvalue weighted by Gasteiger charge is -2.08. The van der Waals surface area contributed by atoms with Crippen LogP contribution in [0.5, 0.6) is 0 Å². The van der Waals surface area contributed by atoms with Gasteiger partial charge in [-0.25, -0.2) is 9.67 Å². The zero-order chi connectivity index (χ0) is 10.7. The van der Waals surface area contributed by atoms with Crippen LogP contribution in [0.1, 0.15) is 25.0 Å². The maximum atomic E-state index is 9.62. The lowest BCUT2D eigenvalue weighted by Crippen LogP contribution is -1.97. The Bertz CT molecular complexity index is 408. The Labute approximate surface area is 88.2 Å². The molecule has 0 spiro atoms. The van der Waals surface area contributed by atoms with E-state index >= 15 is 0 Å². The Kier molecular flexibility index (Phi) is 2.78. The van der Waals surface area contributed by atoms with Crippen molar-refractivity contribution >= 4 is 0 Å². The van der Waals surface area contributed by atoms with E-state index in [9.17, 15) is 5.11 Å². The highest BCUT2D eigenvalue weighted by Crippen LogP contribution is 2.17. The Morgan fingerprint density at radius 2 is 2.07 bits per heavy atom. The van der Waals surface area contributed by atoms with E-state index in [1.807, 2.05) is 31.2 Å². The topological polar surface area (TPSA) is 50.9 Å². The number of rotatable bonds is 3. The first kappa shape index (κ1) is 9.86. The molecular formula is C11H13N3O. The van der Waals surface area contributed by atoms with E-state index in [0.29, 0.717) is 0 Å². The van der Waals surface area contributed by atoms with Gasteiger partial charge in [-0.3, -0.25) is 0 Å². The predicted octanol–water partition coefficient (Wildman–Crippen LogP) is 1.71. The first-order chi connectivity index (χ1) is 7.31. The number of aromatic nitrogens is 3. The molecule has 4 heteroatoms. The molecule has 0 aliphatic carbocycles. The van der Waals surface area contributed by atoms with Gasteiger partial charge in [-0.15, -0.1) is 0 Å². The van der Waals surface area contributed by atoms with E-state index in [2.05, 4.69) is 10.1 Å². The molecule has 1 atom stereocenters. The van der Waals surface area contributed by atoms with E-state index in [1.165, 1.54) is 6.33 Å².